The minimum absolute atomic E-state index is 0.137. The van der Waals surface area contributed by atoms with Crippen LogP contribution in [0.25, 0.3) is 11.0 Å². The van der Waals surface area contributed by atoms with Gasteiger partial charge in [0.15, 0.2) is 5.65 Å². The molecule has 0 bridgehead atoms. The topological polar surface area (TPSA) is 74.4 Å². The van der Waals surface area contributed by atoms with Crippen molar-refractivity contribution in [1.29, 1.82) is 0 Å². The molecule has 2 N–H and O–H groups in total. The molecular weight excluding hydrogens is 168 g/mol. The molecule has 0 amide bonds. The van der Waals surface area contributed by atoms with Gasteiger partial charge in [-0.2, -0.15) is 5.10 Å². The van der Waals surface area contributed by atoms with Gasteiger partial charge >= 0.3 is 0 Å². The number of H-pyrrole nitrogens is 2. The van der Waals surface area contributed by atoms with E-state index in [1.807, 2.05) is 13.8 Å². The van der Waals surface area contributed by atoms with Crippen LogP contribution in [-0.4, -0.2) is 20.2 Å². The van der Waals surface area contributed by atoms with Crippen LogP contribution in [0.3, 0.4) is 0 Å². The smallest absolute Gasteiger partial charge is 0.262 e. The van der Waals surface area contributed by atoms with Gasteiger partial charge in [0, 0.05) is 0 Å². The fourth-order valence-electron chi connectivity index (χ4n) is 1.31. The number of rotatable bonds is 1. The van der Waals surface area contributed by atoms with Crippen molar-refractivity contribution in [1.82, 2.24) is 20.2 Å². The molecule has 5 heteroatoms. The number of hydrogen-bond acceptors (Lipinski definition) is 3. The van der Waals surface area contributed by atoms with E-state index >= 15 is 0 Å². The Kier molecular flexibility index (Phi) is 1.65. The quantitative estimate of drug-likeness (QED) is 0.677. The first kappa shape index (κ1) is 7.97. The Morgan fingerprint density at radius 3 is 2.92 bits per heavy atom. The maximum atomic E-state index is 11.4. The lowest BCUT2D eigenvalue weighted by molar-refractivity contribution is 0.817. The summed E-state index contributed by atoms with van der Waals surface area (Å²) in [6.07, 6.45) is 1.37. The Morgan fingerprint density at radius 1 is 1.46 bits per heavy atom. The van der Waals surface area contributed by atoms with E-state index < -0.39 is 0 Å². The minimum Gasteiger partial charge on any atom is -0.312 e. The fraction of sp³-hybridized carbons (Fsp3) is 0.375. The third-order valence-corrected chi connectivity index (χ3v) is 1.94. The predicted octanol–water partition coefficient (Wildman–Crippen LogP) is 0.770. The molecule has 0 aliphatic carbocycles. The van der Waals surface area contributed by atoms with Gasteiger partial charge in [-0.3, -0.25) is 9.89 Å². The number of nitrogens with one attached hydrogen (secondary N) is 2. The van der Waals surface area contributed by atoms with Gasteiger partial charge in [0.05, 0.1) is 12.0 Å². The molecule has 0 radical (unpaired) electrons. The van der Waals surface area contributed by atoms with Crippen LogP contribution in [0, 0.1) is 0 Å². The molecule has 13 heavy (non-hydrogen) atoms. The average Bonchev–Trinajstić information content (AvgIpc) is 2.49. The molecule has 0 aliphatic rings. The largest absolute Gasteiger partial charge is 0.312 e. The monoisotopic (exact) mass is 178 g/mol. The zero-order valence-electron chi connectivity index (χ0n) is 7.46. The number of hydrogen-bond donors (Lipinski definition) is 2. The first-order valence-electron chi connectivity index (χ1n) is 4.12. The van der Waals surface area contributed by atoms with Crippen molar-refractivity contribution in [3.05, 3.63) is 22.4 Å². The van der Waals surface area contributed by atoms with Crippen molar-refractivity contribution in [3.63, 3.8) is 0 Å². The van der Waals surface area contributed by atoms with Gasteiger partial charge in [-0.1, -0.05) is 13.8 Å². The highest BCUT2D eigenvalue weighted by Crippen LogP contribution is 2.16. The van der Waals surface area contributed by atoms with Gasteiger partial charge in [0.2, 0.25) is 0 Å². The highest BCUT2D eigenvalue weighted by atomic mass is 16.1. The van der Waals surface area contributed by atoms with Crippen LogP contribution in [0.2, 0.25) is 0 Å². The molecule has 0 spiro atoms. The summed E-state index contributed by atoms with van der Waals surface area (Å²) >= 11 is 0. The standard InChI is InChI=1S/C8H10N4O/c1-4(2)6-5-7(12-11-6)9-3-10-8(5)13/h3-4H,1-2H3,(H2,9,10,11,12,13). The maximum Gasteiger partial charge on any atom is 0.262 e. The molecule has 0 aromatic carbocycles. The van der Waals surface area contributed by atoms with Gasteiger partial charge in [-0.25, -0.2) is 4.98 Å². The number of fused-ring (bicyclic) bond motifs is 1. The van der Waals surface area contributed by atoms with E-state index in [1.165, 1.54) is 6.33 Å². The molecule has 2 heterocycles. The van der Waals surface area contributed by atoms with Crippen molar-refractivity contribution in [2.24, 2.45) is 0 Å². The maximum absolute atomic E-state index is 11.4. The fourth-order valence-corrected chi connectivity index (χ4v) is 1.31. The summed E-state index contributed by atoms with van der Waals surface area (Å²) in [7, 11) is 0. The van der Waals surface area contributed by atoms with E-state index in [0.717, 1.165) is 5.69 Å². The first-order valence-corrected chi connectivity index (χ1v) is 4.12. The predicted molar refractivity (Wildman–Crippen MR) is 48.6 cm³/mol. The van der Waals surface area contributed by atoms with E-state index in [-0.39, 0.29) is 11.5 Å². The second kappa shape index (κ2) is 2.69. The molecule has 0 aliphatic heterocycles. The van der Waals surface area contributed by atoms with Crippen LogP contribution in [0.1, 0.15) is 25.5 Å². The Morgan fingerprint density at radius 2 is 2.23 bits per heavy atom. The Labute approximate surface area is 74.2 Å². The number of nitrogens with zero attached hydrogens (tertiary/aromatic N) is 2. The second-order valence-corrected chi connectivity index (χ2v) is 3.22. The zero-order chi connectivity index (χ0) is 9.42. The molecular formula is C8H10N4O. The SMILES string of the molecule is CC(C)c1n[nH]c2nc[nH]c(=O)c12. The number of aromatic amines is 2. The molecule has 2 aromatic heterocycles. The first-order chi connectivity index (χ1) is 6.20. The molecule has 2 rings (SSSR count). The van der Waals surface area contributed by atoms with Gasteiger partial charge < -0.3 is 4.98 Å². The van der Waals surface area contributed by atoms with E-state index in [1.54, 1.807) is 0 Å². The molecule has 0 unspecified atom stereocenters. The minimum atomic E-state index is -0.137. The molecule has 0 atom stereocenters. The normalized spacial score (nSPS) is 11.3. The van der Waals surface area contributed by atoms with Crippen molar-refractivity contribution in [2.75, 3.05) is 0 Å². The molecule has 0 saturated heterocycles. The van der Waals surface area contributed by atoms with Gasteiger partial charge in [0.1, 0.15) is 5.39 Å². The van der Waals surface area contributed by atoms with Crippen molar-refractivity contribution in [2.45, 2.75) is 19.8 Å². The Bertz CT molecular complexity index is 482. The third kappa shape index (κ3) is 1.12. The van der Waals surface area contributed by atoms with Crippen LogP contribution >= 0.6 is 0 Å². The Balaban J connectivity index is 2.87. The molecule has 0 saturated carbocycles. The van der Waals surface area contributed by atoms with Crippen LogP contribution in [-0.2, 0) is 0 Å². The summed E-state index contributed by atoms with van der Waals surface area (Å²) in [6, 6.07) is 0. The summed E-state index contributed by atoms with van der Waals surface area (Å²) in [5.41, 5.74) is 1.18. The summed E-state index contributed by atoms with van der Waals surface area (Å²) in [5, 5.41) is 7.34. The second-order valence-electron chi connectivity index (χ2n) is 3.22. The van der Waals surface area contributed by atoms with Crippen molar-refractivity contribution >= 4 is 11.0 Å². The summed E-state index contributed by atoms with van der Waals surface area (Å²) in [5.74, 6) is 0.221. The molecule has 2 aromatic rings. The van der Waals surface area contributed by atoms with Crippen LogP contribution in [0.15, 0.2) is 11.1 Å². The van der Waals surface area contributed by atoms with Gasteiger partial charge in [-0.05, 0) is 5.92 Å². The van der Waals surface area contributed by atoms with Crippen LogP contribution in [0.4, 0.5) is 0 Å². The van der Waals surface area contributed by atoms with E-state index in [0.29, 0.717) is 11.0 Å². The van der Waals surface area contributed by atoms with Crippen molar-refractivity contribution < 1.29 is 0 Å². The molecule has 68 valence electrons. The Hall–Kier alpha value is -1.65. The van der Waals surface area contributed by atoms with E-state index in [9.17, 15) is 4.79 Å². The average molecular weight is 178 g/mol. The molecule has 0 fully saturated rings. The number of aromatic nitrogens is 4. The van der Waals surface area contributed by atoms with E-state index in [4.69, 9.17) is 0 Å². The summed E-state index contributed by atoms with van der Waals surface area (Å²) < 4.78 is 0. The van der Waals surface area contributed by atoms with E-state index in [2.05, 4.69) is 20.2 Å². The summed E-state index contributed by atoms with van der Waals surface area (Å²) in [4.78, 5) is 17.9. The van der Waals surface area contributed by atoms with Gasteiger partial charge in [-0.15, -0.1) is 0 Å². The lowest BCUT2D eigenvalue weighted by Crippen LogP contribution is -2.07. The lowest BCUT2D eigenvalue weighted by Gasteiger charge is -1.97. The van der Waals surface area contributed by atoms with Crippen LogP contribution in [0.5, 0.6) is 0 Å². The lowest BCUT2D eigenvalue weighted by atomic mass is 10.1. The van der Waals surface area contributed by atoms with Crippen LogP contribution < -0.4 is 5.56 Å². The summed E-state index contributed by atoms with van der Waals surface area (Å²) in [6.45, 7) is 3.98. The van der Waals surface area contributed by atoms with Crippen molar-refractivity contribution in [3.8, 4) is 0 Å². The highest BCUT2D eigenvalue weighted by Gasteiger charge is 2.12. The van der Waals surface area contributed by atoms with Gasteiger partial charge in [0.25, 0.3) is 5.56 Å². The molecule has 5 nitrogen and oxygen atoms in total. The zero-order valence-corrected chi connectivity index (χ0v) is 7.46. The third-order valence-electron chi connectivity index (χ3n) is 1.94. The highest BCUT2D eigenvalue weighted by molar-refractivity contribution is 5.76.